The third-order valence-corrected chi connectivity index (χ3v) is 4.57. The van der Waals surface area contributed by atoms with E-state index in [9.17, 15) is 18.0 Å². The fourth-order valence-corrected chi connectivity index (χ4v) is 3.30. The number of pyridine rings is 1. The molecule has 126 valence electrons. The van der Waals surface area contributed by atoms with Gasteiger partial charge in [-0.05, 0) is 48.2 Å². The summed E-state index contributed by atoms with van der Waals surface area (Å²) >= 11 is 0. The Balaban J connectivity index is 2.04. The smallest absolute Gasteiger partial charge is 0.301 e. The van der Waals surface area contributed by atoms with Crippen molar-refractivity contribution >= 4 is 6.29 Å². The summed E-state index contributed by atoms with van der Waals surface area (Å²) in [6.45, 7) is 3.03. The van der Waals surface area contributed by atoms with E-state index in [1.807, 2.05) is 31.2 Å². The number of carbonyl (C=O) groups excluding carboxylic acids is 1. The van der Waals surface area contributed by atoms with E-state index in [2.05, 4.69) is 4.98 Å². The molecule has 0 spiro atoms. The highest BCUT2D eigenvalue weighted by molar-refractivity contribution is 5.71. The lowest BCUT2D eigenvalue weighted by Gasteiger charge is -2.29. The van der Waals surface area contributed by atoms with Crippen LogP contribution in [0.25, 0.3) is 11.1 Å². The van der Waals surface area contributed by atoms with E-state index in [1.165, 1.54) is 4.90 Å². The maximum Gasteiger partial charge on any atom is 0.403 e. The minimum absolute atomic E-state index is 0.106. The van der Waals surface area contributed by atoms with Gasteiger partial charge in [0.15, 0.2) is 0 Å². The van der Waals surface area contributed by atoms with Gasteiger partial charge in [0.1, 0.15) is 12.3 Å². The Morgan fingerprint density at radius 2 is 2.08 bits per heavy atom. The lowest BCUT2D eigenvalue weighted by molar-refractivity contribution is -0.184. The van der Waals surface area contributed by atoms with Crippen LogP contribution in [0.3, 0.4) is 0 Å². The third-order valence-electron chi connectivity index (χ3n) is 4.57. The van der Waals surface area contributed by atoms with Gasteiger partial charge >= 0.3 is 6.18 Å². The largest absolute Gasteiger partial charge is 0.403 e. The second kappa shape index (κ2) is 6.02. The van der Waals surface area contributed by atoms with Crippen LogP contribution in [0.15, 0.2) is 36.7 Å². The average Bonchev–Trinajstić information content (AvgIpc) is 2.92. The van der Waals surface area contributed by atoms with Gasteiger partial charge in [0, 0.05) is 24.5 Å². The summed E-state index contributed by atoms with van der Waals surface area (Å²) in [5.74, 6) is 0. The van der Waals surface area contributed by atoms with Crippen molar-refractivity contribution in [3.63, 3.8) is 0 Å². The lowest BCUT2D eigenvalue weighted by atomic mass is 9.94. The van der Waals surface area contributed by atoms with Crippen molar-refractivity contribution in [1.29, 1.82) is 0 Å². The van der Waals surface area contributed by atoms with Gasteiger partial charge < -0.3 is 4.79 Å². The SMILES string of the molecule is Cc1cc(-c2cccnc2)cc2c1C(C=O)N(C(C)C(F)(F)F)C2. The Morgan fingerprint density at radius 1 is 1.33 bits per heavy atom. The fraction of sp³-hybridized carbons (Fsp3) is 0.333. The molecule has 24 heavy (non-hydrogen) atoms. The van der Waals surface area contributed by atoms with Crippen LogP contribution in [0.5, 0.6) is 0 Å². The lowest BCUT2D eigenvalue weighted by Crippen LogP contribution is -2.42. The van der Waals surface area contributed by atoms with Gasteiger partial charge in [-0.3, -0.25) is 9.88 Å². The number of aryl methyl sites for hydroxylation is 1. The summed E-state index contributed by atoms with van der Waals surface area (Å²) < 4.78 is 39.3. The molecular weight excluding hydrogens is 317 g/mol. The Labute approximate surface area is 138 Å². The topological polar surface area (TPSA) is 33.2 Å². The predicted octanol–water partition coefficient (Wildman–Crippen LogP) is 4.06. The maximum absolute atomic E-state index is 13.1. The number of halogens is 3. The summed E-state index contributed by atoms with van der Waals surface area (Å²) in [5.41, 5.74) is 4.06. The highest BCUT2D eigenvalue weighted by Crippen LogP contribution is 2.41. The Morgan fingerprint density at radius 3 is 2.67 bits per heavy atom. The van der Waals surface area contributed by atoms with E-state index in [1.54, 1.807) is 12.4 Å². The number of fused-ring (bicyclic) bond motifs is 1. The summed E-state index contributed by atoms with van der Waals surface area (Å²) in [6.07, 6.45) is -0.392. The zero-order chi connectivity index (χ0) is 17.5. The monoisotopic (exact) mass is 334 g/mol. The first kappa shape index (κ1) is 16.6. The molecule has 2 unspecified atom stereocenters. The number of hydrogen-bond donors (Lipinski definition) is 0. The van der Waals surface area contributed by atoms with Crippen molar-refractivity contribution in [1.82, 2.24) is 9.88 Å². The van der Waals surface area contributed by atoms with E-state index >= 15 is 0 Å². The minimum atomic E-state index is -4.37. The van der Waals surface area contributed by atoms with Gasteiger partial charge in [0.25, 0.3) is 0 Å². The second-order valence-electron chi connectivity index (χ2n) is 6.08. The van der Waals surface area contributed by atoms with Crippen molar-refractivity contribution < 1.29 is 18.0 Å². The molecule has 0 saturated carbocycles. The highest BCUT2D eigenvalue weighted by Gasteiger charge is 2.46. The predicted molar refractivity (Wildman–Crippen MR) is 84.3 cm³/mol. The van der Waals surface area contributed by atoms with E-state index in [0.717, 1.165) is 29.2 Å². The Kier molecular flexibility index (Phi) is 4.17. The molecule has 3 nitrogen and oxygen atoms in total. The molecule has 0 fully saturated rings. The van der Waals surface area contributed by atoms with Gasteiger partial charge in [0.2, 0.25) is 0 Å². The molecule has 1 aliphatic rings. The van der Waals surface area contributed by atoms with E-state index in [-0.39, 0.29) is 6.54 Å². The van der Waals surface area contributed by atoms with Crippen molar-refractivity contribution in [3.8, 4) is 11.1 Å². The second-order valence-corrected chi connectivity index (χ2v) is 6.08. The number of nitrogens with zero attached hydrogens (tertiary/aromatic N) is 2. The zero-order valence-corrected chi connectivity index (χ0v) is 13.3. The molecule has 1 aromatic heterocycles. The third kappa shape index (κ3) is 2.82. The normalized spacial score (nSPS) is 19.1. The van der Waals surface area contributed by atoms with Crippen LogP contribution in [0.2, 0.25) is 0 Å². The molecule has 2 aromatic rings. The van der Waals surface area contributed by atoms with Crippen molar-refractivity contribution in [2.45, 2.75) is 38.7 Å². The molecule has 1 aliphatic heterocycles. The van der Waals surface area contributed by atoms with E-state index < -0.39 is 18.3 Å². The molecule has 0 aliphatic carbocycles. The maximum atomic E-state index is 13.1. The molecule has 3 rings (SSSR count). The zero-order valence-electron chi connectivity index (χ0n) is 13.3. The number of aromatic nitrogens is 1. The number of hydrogen-bond acceptors (Lipinski definition) is 3. The number of alkyl halides is 3. The van der Waals surface area contributed by atoms with Gasteiger partial charge in [-0.25, -0.2) is 0 Å². The summed E-state index contributed by atoms with van der Waals surface area (Å²) in [5, 5.41) is 0. The van der Waals surface area contributed by atoms with Crippen molar-refractivity contribution in [2.75, 3.05) is 0 Å². The van der Waals surface area contributed by atoms with Crippen LogP contribution in [0, 0.1) is 6.92 Å². The van der Waals surface area contributed by atoms with Crippen LogP contribution in [0.4, 0.5) is 13.2 Å². The van der Waals surface area contributed by atoms with Gasteiger partial charge in [-0.15, -0.1) is 0 Å². The molecule has 0 amide bonds. The van der Waals surface area contributed by atoms with Crippen molar-refractivity contribution in [3.05, 3.63) is 53.3 Å². The molecule has 0 bridgehead atoms. The summed E-state index contributed by atoms with van der Waals surface area (Å²) in [4.78, 5) is 16.8. The number of rotatable bonds is 3. The molecule has 0 radical (unpaired) electrons. The Hall–Kier alpha value is -2.21. The first-order chi connectivity index (χ1) is 11.3. The first-order valence-electron chi connectivity index (χ1n) is 7.64. The molecule has 2 atom stereocenters. The van der Waals surface area contributed by atoms with Crippen molar-refractivity contribution in [2.24, 2.45) is 0 Å². The van der Waals surface area contributed by atoms with Crippen LogP contribution in [-0.2, 0) is 11.3 Å². The summed E-state index contributed by atoms with van der Waals surface area (Å²) in [6, 6.07) is 4.93. The molecule has 1 aromatic carbocycles. The Bertz CT molecular complexity index is 759. The average molecular weight is 334 g/mol. The van der Waals surface area contributed by atoms with Gasteiger partial charge in [-0.1, -0.05) is 12.1 Å². The quantitative estimate of drug-likeness (QED) is 0.794. The first-order valence-corrected chi connectivity index (χ1v) is 7.64. The van der Waals surface area contributed by atoms with Gasteiger partial charge in [0.05, 0.1) is 6.04 Å². The molecule has 0 N–H and O–H groups in total. The van der Waals surface area contributed by atoms with E-state index in [4.69, 9.17) is 0 Å². The van der Waals surface area contributed by atoms with Crippen LogP contribution >= 0.6 is 0 Å². The van der Waals surface area contributed by atoms with Crippen LogP contribution in [0.1, 0.15) is 29.7 Å². The van der Waals surface area contributed by atoms with Crippen LogP contribution < -0.4 is 0 Å². The number of carbonyl (C=O) groups is 1. The number of aldehydes is 1. The van der Waals surface area contributed by atoms with Crippen LogP contribution in [-0.4, -0.2) is 28.4 Å². The fourth-order valence-electron chi connectivity index (χ4n) is 3.30. The molecule has 0 saturated heterocycles. The molecule has 6 heteroatoms. The standard InChI is InChI=1S/C18H17F3N2O/c1-11-6-14(13-4-3-5-22-8-13)7-15-9-23(12(2)18(19,20)21)16(10-24)17(11)15/h3-8,10,12,16H,9H2,1-2H3. The number of benzene rings is 1. The van der Waals surface area contributed by atoms with E-state index in [0.29, 0.717) is 11.8 Å². The molecule has 2 heterocycles. The van der Waals surface area contributed by atoms with Gasteiger partial charge in [-0.2, -0.15) is 13.2 Å². The minimum Gasteiger partial charge on any atom is -0.301 e. The highest BCUT2D eigenvalue weighted by atomic mass is 19.4. The summed E-state index contributed by atoms with van der Waals surface area (Å²) in [7, 11) is 0. The molecular formula is C18H17F3N2O.